The molecule has 0 N–H and O–H groups in total. The van der Waals surface area contributed by atoms with Crippen LogP contribution in [-0.4, -0.2) is 19.9 Å². The number of aromatic nitrogens is 4. The van der Waals surface area contributed by atoms with Crippen LogP contribution in [0.4, 0.5) is 0 Å². The molecule has 0 unspecified atom stereocenters. The average molecular weight is 268 g/mol. The maximum atomic E-state index is 5.21. The zero-order chi connectivity index (χ0) is 13.8. The molecule has 0 saturated carbocycles. The number of nitrogens with zero attached hydrogens (tertiary/aromatic N) is 4. The van der Waals surface area contributed by atoms with Crippen molar-refractivity contribution in [1.82, 2.24) is 19.9 Å². The molecule has 2 heterocycles. The van der Waals surface area contributed by atoms with Gasteiger partial charge in [-0.25, -0.2) is 0 Å². The third-order valence-corrected chi connectivity index (χ3v) is 2.99. The normalized spacial score (nSPS) is 10.8. The molecule has 102 valence electrons. The summed E-state index contributed by atoms with van der Waals surface area (Å²) < 4.78 is 7.03. The van der Waals surface area contributed by atoms with Gasteiger partial charge in [0.2, 0.25) is 5.89 Å². The zero-order valence-electron chi connectivity index (χ0n) is 11.4. The predicted molar refractivity (Wildman–Crippen MR) is 75.1 cm³/mol. The molecule has 1 aromatic carbocycles. The van der Waals surface area contributed by atoms with Gasteiger partial charge in [0.1, 0.15) is 6.54 Å². The van der Waals surface area contributed by atoms with Crippen LogP contribution in [0.2, 0.25) is 0 Å². The molecule has 20 heavy (non-hydrogen) atoms. The summed E-state index contributed by atoms with van der Waals surface area (Å²) in [5.74, 6) is 1.36. The monoisotopic (exact) mass is 268 g/mol. The summed E-state index contributed by atoms with van der Waals surface area (Å²) in [6, 6.07) is 12.1. The van der Waals surface area contributed by atoms with E-state index < -0.39 is 0 Å². The standard InChI is InChI=1S/C15H16N4O/c1-2-6-14-16-15(20-18-14)11-19-10-9-13(17-19)12-7-4-3-5-8-12/h3-5,7-10H,2,6,11H2,1H3. The number of benzene rings is 1. The van der Waals surface area contributed by atoms with E-state index in [1.165, 1.54) is 0 Å². The molecule has 0 saturated heterocycles. The van der Waals surface area contributed by atoms with Gasteiger partial charge >= 0.3 is 0 Å². The van der Waals surface area contributed by atoms with Gasteiger partial charge in [-0.15, -0.1) is 0 Å². The lowest BCUT2D eigenvalue weighted by Gasteiger charge is -1.96. The Morgan fingerprint density at radius 1 is 1.15 bits per heavy atom. The second kappa shape index (κ2) is 5.69. The first-order chi connectivity index (χ1) is 9.85. The van der Waals surface area contributed by atoms with Crippen molar-refractivity contribution in [3.63, 3.8) is 0 Å². The van der Waals surface area contributed by atoms with E-state index in [9.17, 15) is 0 Å². The van der Waals surface area contributed by atoms with Crippen molar-refractivity contribution in [2.45, 2.75) is 26.3 Å². The van der Waals surface area contributed by atoms with Gasteiger partial charge in [-0.05, 0) is 12.5 Å². The molecule has 0 aliphatic heterocycles. The molecule has 0 aliphatic carbocycles. The van der Waals surface area contributed by atoms with Crippen molar-refractivity contribution >= 4 is 0 Å². The van der Waals surface area contributed by atoms with Crippen molar-refractivity contribution in [3.8, 4) is 11.3 Å². The third kappa shape index (κ3) is 2.77. The van der Waals surface area contributed by atoms with E-state index in [4.69, 9.17) is 4.52 Å². The Hall–Kier alpha value is -2.43. The maximum absolute atomic E-state index is 5.21. The molecular formula is C15H16N4O. The minimum atomic E-state index is 0.504. The van der Waals surface area contributed by atoms with E-state index >= 15 is 0 Å². The van der Waals surface area contributed by atoms with Gasteiger partial charge in [-0.1, -0.05) is 42.4 Å². The first-order valence-corrected chi connectivity index (χ1v) is 6.75. The van der Waals surface area contributed by atoms with Crippen molar-refractivity contribution in [1.29, 1.82) is 0 Å². The van der Waals surface area contributed by atoms with E-state index in [-0.39, 0.29) is 0 Å². The van der Waals surface area contributed by atoms with Crippen LogP contribution in [0.5, 0.6) is 0 Å². The molecule has 0 fully saturated rings. The Kier molecular flexibility index (Phi) is 3.58. The van der Waals surface area contributed by atoms with Crippen LogP contribution in [-0.2, 0) is 13.0 Å². The van der Waals surface area contributed by atoms with Crippen molar-refractivity contribution < 1.29 is 4.52 Å². The highest BCUT2D eigenvalue weighted by Crippen LogP contribution is 2.16. The van der Waals surface area contributed by atoms with Crippen LogP contribution in [0.3, 0.4) is 0 Å². The molecule has 0 bridgehead atoms. The second-order valence-electron chi connectivity index (χ2n) is 4.62. The summed E-state index contributed by atoms with van der Waals surface area (Å²) in [4.78, 5) is 4.34. The van der Waals surface area contributed by atoms with Gasteiger partial charge < -0.3 is 4.52 Å². The molecule has 3 aromatic rings. The molecule has 0 aliphatic rings. The van der Waals surface area contributed by atoms with Crippen LogP contribution in [0.1, 0.15) is 25.1 Å². The quantitative estimate of drug-likeness (QED) is 0.714. The molecule has 0 spiro atoms. The fraction of sp³-hybridized carbons (Fsp3) is 0.267. The van der Waals surface area contributed by atoms with Gasteiger partial charge in [0.15, 0.2) is 5.82 Å². The second-order valence-corrected chi connectivity index (χ2v) is 4.62. The highest BCUT2D eigenvalue weighted by molar-refractivity contribution is 5.57. The third-order valence-electron chi connectivity index (χ3n) is 2.99. The van der Waals surface area contributed by atoms with Crippen molar-refractivity contribution in [3.05, 3.63) is 54.3 Å². The molecule has 0 radical (unpaired) electrons. The zero-order valence-corrected chi connectivity index (χ0v) is 11.4. The molecule has 0 amide bonds. The molecule has 3 rings (SSSR count). The Labute approximate surface area is 117 Å². The largest absolute Gasteiger partial charge is 0.337 e. The maximum Gasteiger partial charge on any atom is 0.248 e. The lowest BCUT2D eigenvalue weighted by molar-refractivity contribution is 0.361. The highest BCUT2D eigenvalue weighted by Gasteiger charge is 2.08. The topological polar surface area (TPSA) is 56.7 Å². The Bertz CT molecular complexity index is 672. The van der Waals surface area contributed by atoms with Crippen LogP contribution in [0.25, 0.3) is 11.3 Å². The number of aryl methyl sites for hydroxylation is 1. The van der Waals surface area contributed by atoms with Gasteiger partial charge in [-0.2, -0.15) is 10.1 Å². The van der Waals surface area contributed by atoms with Gasteiger partial charge in [0, 0.05) is 18.2 Å². The van der Waals surface area contributed by atoms with Crippen LogP contribution < -0.4 is 0 Å². The number of rotatable bonds is 5. The molecule has 5 nitrogen and oxygen atoms in total. The van der Waals surface area contributed by atoms with Gasteiger partial charge in [-0.3, -0.25) is 4.68 Å². The van der Waals surface area contributed by atoms with E-state index in [2.05, 4.69) is 22.2 Å². The first kappa shape index (κ1) is 12.6. The lowest BCUT2D eigenvalue weighted by Crippen LogP contribution is -2.01. The molecule has 2 aromatic heterocycles. The van der Waals surface area contributed by atoms with Crippen LogP contribution in [0, 0.1) is 0 Å². The van der Waals surface area contributed by atoms with E-state index in [1.807, 2.05) is 47.3 Å². The lowest BCUT2D eigenvalue weighted by atomic mass is 10.2. The Morgan fingerprint density at radius 3 is 2.80 bits per heavy atom. The van der Waals surface area contributed by atoms with Crippen molar-refractivity contribution in [2.24, 2.45) is 0 Å². The fourth-order valence-corrected chi connectivity index (χ4v) is 2.03. The molecule has 5 heteroatoms. The van der Waals surface area contributed by atoms with Gasteiger partial charge in [0.25, 0.3) is 0 Å². The molecule has 0 atom stereocenters. The summed E-state index contributed by atoms with van der Waals surface area (Å²) >= 11 is 0. The smallest absolute Gasteiger partial charge is 0.248 e. The van der Waals surface area contributed by atoms with Crippen LogP contribution in [0.15, 0.2) is 47.1 Å². The summed E-state index contributed by atoms with van der Waals surface area (Å²) in [7, 11) is 0. The van der Waals surface area contributed by atoms with Crippen molar-refractivity contribution in [2.75, 3.05) is 0 Å². The summed E-state index contributed by atoms with van der Waals surface area (Å²) in [5, 5.41) is 8.46. The van der Waals surface area contributed by atoms with E-state index in [0.29, 0.717) is 12.4 Å². The van der Waals surface area contributed by atoms with E-state index in [0.717, 1.165) is 29.9 Å². The van der Waals surface area contributed by atoms with Gasteiger partial charge in [0.05, 0.1) is 5.69 Å². The summed E-state index contributed by atoms with van der Waals surface area (Å²) in [6.45, 7) is 2.60. The summed E-state index contributed by atoms with van der Waals surface area (Å²) in [6.07, 6.45) is 3.78. The molecular weight excluding hydrogens is 252 g/mol. The Morgan fingerprint density at radius 2 is 2.00 bits per heavy atom. The highest BCUT2D eigenvalue weighted by atomic mass is 16.5. The van der Waals surface area contributed by atoms with E-state index in [1.54, 1.807) is 0 Å². The average Bonchev–Trinajstić information content (AvgIpc) is 3.11. The van der Waals surface area contributed by atoms with Crippen LogP contribution >= 0.6 is 0 Å². The Balaban J connectivity index is 1.73. The summed E-state index contributed by atoms with van der Waals surface area (Å²) in [5.41, 5.74) is 2.04. The minimum absolute atomic E-state index is 0.504. The fourth-order valence-electron chi connectivity index (χ4n) is 2.03. The predicted octanol–water partition coefficient (Wildman–Crippen LogP) is 2.93. The number of hydrogen-bond acceptors (Lipinski definition) is 4. The first-order valence-electron chi connectivity index (χ1n) is 6.75. The minimum Gasteiger partial charge on any atom is -0.337 e. The SMILES string of the molecule is CCCc1noc(Cn2ccc(-c3ccccc3)n2)n1. The number of hydrogen-bond donors (Lipinski definition) is 0.